The van der Waals surface area contributed by atoms with Gasteiger partial charge in [0, 0.05) is 83.5 Å². The molecule has 548 valence electrons. The Morgan fingerprint density at radius 2 is 1.49 bits per heavy atom. The van der Waals surface area contributed by atoms with Gasteiger partial charge < -0.3 is 79.3 Å². The molecular weight excluding hydrogens is 1320 g/mol. The molecule has 8 N–H and O–H groups in total. The number of hydrogen-bond donors (Lipinski definition) is 8. The van der Waals surface area contributed by atoms with Crippen LogP contribution in [-0.4, -0.2) is 187 Å². The lowest BCUT2D eigenvalue weighted by Gasteiger charge is -2.67. The number of fused-ring (bicyclic) bond motifs is 5. The number of phenols is 2. The molecule has 10 rings (SSSR count). The first-order valence-corrected chi connectivity index (χ1v) is 34.8. The third kappa shape index (κ3) is 15.2. The maximum Gasteiger partial charge on any atom is 0.408 e. The lowest BCUT2D eigenvalue weighted by atomic mass is 9.44. The fraction of sp³-hybridized carbons (Fsp3) is 0.513. The van der Waals surface area contributed by atoms with Gasteiger partial charge in [0.25, 0.3) is 5.91 Å². The largest absolute Gasteiger partial charge is 0.508 e. The van der Waals surface area contributed by atoms with E-state index in [2.05, 4.69) is 26.0 Å². The van der Waals surface area contributed by atoms with E-state index < -0.39 is 124 Å². The summed E-state index contributed by atoms with van der Waals surface area (Å²) in [5.74, 6) is -6.31. The standard InChI is InChI=1S/C76H94N6O20/c1-12-77-67(90)60-57(62(102-80-60)50-36-49(42(2)3)51(84)37-52(50)85)46-29-27-45(28-30-46)40-81-32-34-82(35-33-81)56(87)26-20-15-21-31-78-70(93)98-63(59(47-22-16-13-17-23-47)79-71(94)101-72(6,7)8)69(92)97-53-39-76(95)66(99-68(91)48-24-18-14-19-25-48)64-74(11,65(89)61(88)58(43(53)4)73(76,9)10)54(86)38-55-75(64,41-96-55)100-44(5)83/h13-14,16-19,22-25,27-30,36-37,42,53-55,59,61,63-64,66,84-86,88,95H,12,15,20-21,26,31-35,38-41H2,1-11H3,(H,77,90)(H,78,93)(H,79,94)/t53-,54-,55+,59-,61+,63+,64-,66-,74+,75-,76+/m0/s1. The van der Waals surface area contributed by atoms with E-state index in [1.807, 2.05) is 43.0 Å². The van der Waals surface area contributed by atoms with Crippen molar-refractivity contribution in [3.8, 4) is 33.9 Å². The van der Waals surface area contributed by atoms with Crippen molar-refractivity contribution in [2.45, 2.75) is 187 Å². The van der Waals surface area contributed by atoms with Crippen LogP contribution in [0.5, 0.6) is 11.5 Å². The number of carbonyl (C=O) groups is 8. The first-order chi connectivity index (χ1) is 48.2. The molecule has 0 spiro atoms. The number of aliphatic hydroxyl groups is 3. The number of ketones is 1. The van der Waals surface area contributed by atoms with Crippen molar-refractivity contribution in [1.29, 1.82) is 0 Å². The number of benzene rings is 4. The van der Waals surface area contributed by atoms with Crippen LogP contribution in [0.2, 0.25) is 0 Å². The smallest absolute Gasteiger partial charge is 0.408 e. The van der Waals surface area contributed by atoms with Crippen LogP contribution < -0.4 is 16.0 Å². The number of unbranched alkanes of at least 4 members (excludes halogenated alkanes) is 2. The van der Waals surface area contributed by atoms with Crippen molar-refractivity contribution in [2.24, 2.45) is 16.7 Å². The molecule has 3 aliphatic carbocycles. The zero-order chi connectivity index (χ0) is 74.0. The van der Waals surface area contributed by atoms with E-state index in [0.717, 1.165) is 12.5 Å². The Bertz CT molecular complexity index is 3970. The highest BCUT2D eigenvalue weighted by Crippen LogP contribution is 2.64. The van der Waals surface area contributed by atoms with Crippen molar-refractivity contribution in [3.05, 3.63) is 136 Å². The molecule has 2 aliphatic heterocycles. The van der Waals surface area contributed by atoms with Crippen molar-refractivity contribution in [1.82, 2.24) is 30.9 Å². The van der Waals surface area contributed by atoms with Crippen molar-refractivity contribution in [3.63, 3.8) is 0 Å². The number of esters is 3. The second-order valence-electron chi connectivity index (χ2n) is 29.2. The number of ether oxygens (including phenoxy) is 6. The van der Waals surface area contributed by atoms with E-state index in [-0.39, 0.29) is 88.6 Å². The van der Waals surface area contributed by atoms with Crippen LogP contribution >= 0.6 is 0 Å². The van der Waals surface area contributed by atoms with Crippen LogP contribution in [0.4, 0.5) is 9.59 Å². The fourth-order valence-corrected chi connectivity index (χ4v) is 15.3. The van der Waals surface area contributed by atoms with E-state index >= 15 is 9.59 Å². The van der Waals surface area contributed by atoms with E-state index in [9.17, 15) is 54.3 Å². The van der Waals surface area contributed by atoms with Crippen LogP contribution in [-0.2, 0) is 54.1 Å². The maximum absolute atomic E-state index is 15.4. The quantitative estimate of drug-likeness (QED) is 0.0139. The number of alkyl carbamates (subject to hydrolysis) is 2. The minimum atomic E-state index is -2.48. The lowest BCUT2D eigenvalue weighted by molar-refractivity contribution is -0.346. The number of aromatic hydroxyl groups is 2. The predicted octanol–water partition coefficient (Wildman–Crippen LogP) is 8.50. The first-order valence-electron chi connectivity index (χ1n) is 34.8. The number of carbonyl (C=O) groups excluding carboxylic acids is 8. The Hall–Kier alpha value is -9.21. The number of nitrogens with zero attached hydrogens (tertiary/aromatic N) is 3. The van der Waals surface area contributed by atoms with E-state index in [1.165, 1.54) is 45.9 Å². The van der Waals surface area contributed by atoms with Gasteiger partial charge in [0.1, 0.15) is 53.2 Å². The van der Waals surface area contributed by atoms with Crippen molar-refractivity contribution >= 4 is 47.7 Å². The molecular formula is C76H94N6O20. The molecule has 2 saturated carbocycles. The predicted molar refractivity (Wildman–Crippen MR) is 369 cm³/mol. The molecule has 102 heavy (non-hydrogen) atoms. The van der Waals surface area contributed by atoms with Gasteiger partial charge in [-0.05, 0) is 112 Å². The van der Waals surface area contributed by atoms with Gasteiger partial charge in [0.15, 0.2) is 22.8 Å². The number of amides is 4. The highest BCUT2D eigenvalue weighted by atomic mass is 16.6. The average Bonchev–Trinajstić information content (AvgIpc) is 0.723. The van der Waals surface area contributed by atoms with Crippen LogP contribution in [0.25, 0.3) is 22.5 Å². The minimum absolute atomic E-state index is 0.0252. The molecule has 11 atom stereocenters. The molecule has 4 aromatic carbocycles. The lowest BCUT2D eigenvalue weighted by Crippen LogP contribution is -2.81. The van der Waals surface area contributed by atoms with Gasteiger partial charge in [-0.15, -0.1) is 0 Å². The number of aromatic nitrogens is 1. The molecule has 2 bridgehead atoms. The van der Waals surface area contributed by atoms with Gasteiger partial charge in [-0.2, -0.15) is 0 Å². The van der Waals surface area contributed by atoms with Crippen LogP contribution in [0, 0.1) is 16.7 Å². The van der Waals surface area contributed by atoms with E-state index in [4.69, 9.17) is 32.9 Å². The third-order valence-electron chi connectivity index (χ3n) is 20.7. The third-order valence-corrected chi connectivity index (χ3v) is 20.7. The maximum atomic E-state index is 15.4. The number of aliphatic hydroxyl groups excluding tert-OH is 2. The van der Waals surface area contributed by atoms with Crippen LogP contribution in [0.3, 0.4) is 0 Å². The monoisotopic (exact) mass is 1410 g/mol. The summed E-state index contributed by atoms with van der Waals surface area (Å²) in [5.41, 5.74) is -6.03. The van der Waals surface area contributed by atoms with E-state index in [0.29, 0.717) is 75.2 Å². The summed E-state index contributed by atoms with van der Waals surface area (Å²) in [6, 6.07) is 24.9. The zero-order valence-electron chi connectivity index (χ0n) is 59.5. The Labute approximate surface area is 592 Å². The average molecular weight is 1410 g/mol. The van der Waals surface area contributed by atoms with Crippen LogP contribution in [0.1, 0.15) is 164 Å². The van der Waals surface area contributed by atoms with Gasteiger partial charge in [-0.3, -0.25) is 24.1 Å². The molecule has 4 fully saturated rings. The van der Waals surface area contributed by atoms with Crippen LogP contribution in [0.15, 0.2) is 113 Å². The summed E-state index contributed by atoms with van der Waals surface area (Å²) >= 11 is 0. The summed E-state index contributed by atoms with van der Waals surface area (Å²) < 4.78 is 42.3. The number of nitrogens with one attached hydrogen (secondary N) is 3. The summed E-state index contributed by atoms with van der Waals surface area (Å²) in [6.07, 6.45) is -11.7. The molecule has 0 radical (unpaired) electrons. The summed E-state index contributed by atoms with van der Waals surface area (Å²) in [4.78, 5) is 117. The number of hydrogen-bond acceptors (Lipinski definition) is 22. The summed E-state index contributed by atoms with van der Waals surface area (Å²) in [5, 5.41) is 72.4. The molecule has 4 amide bonds. The first kappa shape index (κ1) is 75.5. The molecule has 3 heterocycles. The number of piperazine rings is 1. The Morgan fingerprint density at radius 1 is 0.824 bits per heavy atom. The fourth-order valence-electron chi connectivity index (χ4n) is 15.3. The molecule has 5 aliphatic rings. The number of Topliss-reactive ketones (excluding diaryl/α,β-unsaturated/α-hetero) is 1. The number of phenolic OH excluding ortho intramolecular Hbond substituents is 2. The Kier molecular flexibility index (Phi) is 22.5. The summed E-state index contributed by atoms with van der Waals surface area (Å²) in [6.45, 7) is 20.4. The molecule has 26 heteroatoms. The molecule has 1 aromatic heterocycles. The van der Waals surface area contributed by atoms with Crippen molar-refractivity contribution in [2.75, 3.05) is 45.9 Å². The number of rotatable bonds is 22. The SMILES string of the molecule is CCNC(=O)c1noc(-c2cc(C(C)C)c(O)cc2O)c1-c1ccc(CN2CCN(C(=O)CCCCCNC(=O)O[C@@H](C(=O)O[C@H]3C[C@@]4(O)[C@@H](OC(=O)c5ccccc5)[C@@H]5[C@]6(OC(C)=O)CO[C@@H]6C[C@H](O)[C@@]5(C)C(=O)[C@H](O)C(=C3C)C4(C)C)[C@@H](NC(=O)OC(C)(C)C)c3ccccc3)CC2)cc1. The summed E-state index contributed by atoms with van der Waals surface area (Å²) in [7, 11) is 0. The van der Waals surface area contributed by atoms with Gasteiger partial charge in [-0.25, -0.2) is 19.2 Å². The highest BCUT2D eigenvalue weighted by molar-refractivity contribution is 6.03. The minimum Gasteiger partial charge on any atom is -0.508 e. The molecule has 0 unspecified atom stereocenters. The Balaban J connectivity index is 0.813. The van der Waals surface area contributed by atoms with Gasteiger partial charge in [-0.1, -0.05) is 112 Å². The van der Waals surface area contributed by atoms with Gasteiger partial charge in [0.2, 0.25) is 12.0 Å². The topological polar surface area (TPSA) is 362 Å². The highest BCUT2D eigenvalue weighted by Gasteiger charge is 2.78. The normalized spacial score (nSPS) is 25.2. The second kappa shape index (κ2) is 30.4. The zero-order valence-corrected chi connectivity index (χ0v) is 59.5. The second-order valence-corrected chi connectivity index (χ2v) is 29.2. The van der Waals surface area contributed by atoms with Gasteiger partial charge in [0.05, 0.1) is 40.7 Å². The van der Waals surface area contributed by atoms with E-state index in [1.54, 1.807) is 82.3 Å². The Morgan fingerprint density at radius 3 is 2.11 bits per heavy atom. The van der Waals surface area contributed by atoms with Crippen molar-refractivity contribution < 1.29 is 96.8 Å². The van der Waals surface area contributed by atoms with Gasteiger partial charge >= 0.3 is 30.1 Å². The molecule has 2 saturated heterocycles. The molecule has 5 aromatic rings. The molecule has 26 nitrogen and oxygen atoms in total.